The minimum absolute atomic E-state index is 0.111. The zero-order valence-corrected chi connectivity index (χ0v) is 14.5. The number of aryl methyl sites for hydroxylation is 1. The number of nitrogens with one attached hydrogen (secondary N) is 1. The van der Waals surface area contributed by atoms with Gasteiger partial charge in [-0.25, -0.2) is 4.79 Å². The predicted molar refractivity (Wildman–Crippen MR) is 92.8 cm³/mol. The first-order valence-corrected chi connectivity index (χ1v) is 9.37. The number of aromatic nitrogens is 2. The molecule has 2 aromatic rings. The molecule has 0 bridgehead atoms. The van der Waals surface area contributed by atoms with Gasteiger partial charge in [-0.2, -0.15) is 17.6 Å². The molecule has 0 spiro atoms. The summed E-state index contributed by atoms with van der Waals surface area (Å²) >= 11 is 0. The summed E-state index contributed by atoms with van der Waals surface area (Å²) in [7, 11) is -3.71. The summed E-state index contributed by atoms with van der Waals surface area (Å²) in [5.41, 5.74) is 2.52. The van der Waals surface area contributed by atoms with Gasteiger partial charge in [-0.15, -0.1) is 0 Å². The molecule has 1 unspecified atom stereocenters. The van der Waals surface area contributed by atoms with Crippen molar-refractivity contribution in [3.63, 3.8) is 0 Å². The first-order chi connectivity index (χ1) is 11.9. The Hall–Kier alpha value is -2.61. The van der Waals surface area contributed by atoms with Gasteiger partial charge < -0.3 is 10.4 Å². The fourth-order valence-electron chi connectivity index (χ4n) is 2.80. The lowest BCUT2D eigenvalue weighted by molar-refractivity contribution is 0.189. The van der Waals surface area contributed by atoms with E-state index in [-0.39, 0.29) is 10.9 Å². The maximum Gasteiger partial charge on any atom is 0.404 e. The van der Waals surface area contributed by atoms with Crippen LogP contribution in [0.25, 0.3) is 5.57 Å². The third kappa shape index (κ3) is 3.74. The largest absolute Gasteiger partial charge is 0.465 e. The molecule has 0 radical (unpaired) electrons. The second-order valence-electron chi connectivity index (χ2n) is 6.04. The molecular weight excluding hydrogens is 342 g/mol. The lowest BCUT2D eigenvalue weighted by atomic mass is 9.93. The van der Waals surface area contributed by atoms with Crippen LogP contribution in [0, 0.1) is 6.92 Å². The van der Waals surface area contributed by atoms with E-state index in [1.807, 2.05) is 13.0 Å². The molecule has 1 aliphatic rings. The first-order valence-electron chi connectivity index (χ1n) is 7.93. The highest BCUT2D eigenvalue weighted by Crippen LogP contribution is 2.26. The molecule has 25 heavy (non-hydrogen) atoms. The number of rotatable bonds is 4. The summed E-state index contributed by atoms with van der Waals surface area (Å²) in [5, 5.41) is 15.4. The Morgan fingerprint density at radius 3 is 2.60 bits per heavy atom. The van der Waals surface area contributed by atoms with Gasteiger partial charge in [-0.05, 0) is 50.0 Å². The number of carbonyl (C=O) groups is 1. The van der Waals surface area contributed by atoms with Crippen LogP contribution in [-0.4, -0.2) is 34.8 Å². The van der Waals surface area contributed by atoms with E-state index in [1.54, 1.807) is 30.3 Å². The topological polar surface area (TPSA) is 101 Å². The SMILES string of the molecule is Cc1ccc(S(=O)(=O)n2ccc(C3=CCC(NC(=O)O)CC3)n2)cc1. The first kappa shape index (κ1) is 17.2. The second kappa shape index (κ2) is 6.72. The van der Waals surface area contributed by atoms with Crippen LogP contribution in [0.2, 0.25) is 0 Å². The van der Waals surface area contributed by atoms with Crippen molar-refractivity contribution < 1.29 is 18.3 Å². The van der Waals surface area contributed by atoms with Gasteiger partial charge in [-0.3, -0.25) is 0 Å². The molecule has 0 fully saturated rings. The minimum atomic E-state index is -3.71. The van der Waals surface area contributed by atoms with E-state index in [4.69, 9.17) is 5.11 Å². The molecule has 132 valence electrons. The summed E-state index contributed by atoms with van der Waals surface area (Å²) in [6.45, 7) is 1.89. The van der Waals surface area contributed by atoms with E-state index < -0.39 is 16.1 Å². The molecule has 1 heterocycles. The van der Waals surface area contributed by atoms with Crippen LogP contribution in [0.3, 0.4) is 0 Å². The summed E-state index contributed by atoms with van der Waals surface area (Å²) in [4.78, 5) is 10.9. The Bertz CT molecular complexity index is 914. The van der Waals surface area contributed by atoms with Crippen LogP contribution in [0.4, 0.5) is 4.79 Å². The predicted octanol–water partition coefficient (Wildman–Crippen LogP) is 2.63. The Labute approximate surface area is 146 Å². The molecule has 7 nitrogen and oxygen atoms in total. The maximum absolute atomic E-state index is 12.6. The van der Waals surface area contributed by atoms with Gasteiger partial charge in [0.05, 0.1) is 10.6 Å². The van der Waals surface area contributed by atoms with Crippen molar-refractivity contribution in [2.45, 2.75) is 37.1 Å². The molecule has 1 amide bonds. The number of carboxylic acid groups (broad SMARTS) is 1. The highest BCUT2D eigenvalue weighted by atomic mass is 32.2. The molecule has 0 saturated heterocycles. The van der Waals surface area contributed by atoms with Crippen LogP contribution in [0.15, 0.2) is 47.5 Å². The van der Waals surface area contributed by atoms with Crippen molar-refractivity contribution in [2.75, 3.05) is 0 Å². The fraction of sp³-hybridized carbons (Fsp3) is 0.294. The van der Waals surface area contributed by atoms with Crippen LogP contribution in [0.1, 0.15) is 30.5 Å². The van der Waals surface area contributed by atoms with Crippen molar-refractivity contribution in [3.8, 4) is 0 Å². The molecule has 8 heteroatoms. The minimum Gasteiger partial charge on any atom is -0.465 e. The van der Waals surface area contributed by atoms with Gasteiger partial charge in [-0.1, -0.05) is 23.8 Å². The zero-order chi connectivity index (χ0) is 18.0. The average Bonchev–Trinajstić information content (AvgIpc) is 3.06. The summed E-state index contributed by atoms with van der Waals surface area (Å²) < 4.78 is 26.2. The van der Waals surface area contributed by atoms with Crippen molar-refractivity contribution >= 4 is 21.7 Å². The zero-order valence-electron chi connectivity index (χ0n) is 13.7. The average molecular weight is 361 g/mol. The van der Waals surface area contributed by atoms with Gasteiger partial charge in [0.15, 0.2) is 0 Å². The van der Waals surface area contributed by atoms with Crippen LogP contribution in [-0.2, 0) is 10.0 Å². The van der Waals surface area contributed by atoms with Gasteiger partial charge in [0, 0.05) is 12.2 Å². The summed E-state index contributed by atoms with van der Waals surface area (Å²) in [6, 6.07) is 8.18. The highest BCUT2D eigenvalue weighted by Gasteiger charge is 2.21. The third-order valence-electron chi connectivity index (χ3n) is 4.20. The Morgan fingerprint density at radius 2 is 2.00 bits per heavy atom. The van der Waals surface area contributed by atoms with Gasteiger partial charge in [0.1, 0.15) is 0 Å². The Morgan fingerprint density at radius 1 is 1.28 bits per heavy atom. The van der Waals surface area contributed by atoms with Crippen molar-refractivity contribution in [1.82, 2.24) is 14.5 Å². The number of amides is 1. The number of hydrogen-bond donors (Lipinski definition) is 2. The molecule has 1 aliphatic carbocycles. The fourth-order valence-corrected chi connectivity index (χ4v) is 3.92. The maximum atomic E-state index is 12.6. The third-order valence-corrected chi connectivity index (χ3v) is 5.76. The van der Waals surface area contributed by atoms with E-state index in [1.165, 1.54) is 6.20 Å². The van der Waals surface area contributed by atoms with E-state index in [2.05, 4.69) is 10.4 Å². The molecule has 2 N–H and O–H groups in total. The lowest BCUT2D eigenvalue weighted by Gasteiger charge is -2.20. The molecule has 1 aromatic heterocycles. The number of hydrogen-bond acceptors (Lipinski definition) is 4. The standard InChI is InChI=1S/C17H19N3O4S/c1-12-2-8-15(9-3-12)25(23,24)20-11-10-16(19-20)13-4-6-14(7-5-13)18-17(21)22/h2-4,8-11,14,18H,5-7H2,1H3,(H,21,22). The Balaban J connectivity index is 1.80. The van der Waals surface area contributed by atoms with Crippen LogP contribution >= 0.6 is 0 Å². The number of benzene rings is 1. The van der Waals surface area contributed by atoms with Crippen molar-refractivity contribution in [1.29, 1.82) is 0 Å². The molecular formula is C17H19N3O4S. The summed E-state index contributed by atoms with van der Waals surface area (Å²) in [6.07, 6.45) is 4.19. The monoisotopic (exact) mass is 361 g/mol. The smallest absolute Gasteiger partial charge is 0.404 e. The molecule has 1 atom stereocenters. The second-order valence-corrected chi connectivity index (χ2v) is 7.84. The number of allylic oxidation sites excluding steroid dienone is 1. The summed E-state index contributed by atoms with van der Waals surface area (Å²) in [5.74, 6) is 0. The molecule has 1 aromatic carbocycles. The van der Waals surface area contributed by atoms with Crippen LogP contribution < -0.4 is 5.32 Å². The van der Waals surface area contributed by atoms with E-state index >= 15 is 0 Å². The van der Waals surface area contributed by atoms with Gasteiger partial charge in [0.25, 0.3) is 10.0 Å². The Kier molecular flexibility index (Phi) is 4.63. The van der Waals surface area contributed by atoms with Gasteiger partial charge >= 0.3 is 6.09 Å². The van der Waals surface area contributed by atoms with E-state index in [0.29, 0.717) is 25.0 Å². The quantitative estimate of drug-likeness (QED) is 0.872. The molecule has 3 rings (SSSR count). The van der Waals surface area contributed by atoms with Crippen molar-refractivity contribution in [2.24, 2.45) is 0 Å². The van der Waals surface area contributed by atoms with Crippen LogP contribution in [0.5, 0.6) is 0 Å². The lowest BCUT2D eigenvalue weighted by Crippen LogP contribution is -2.34. The van der Waals surface area contributed by atoms with Gasteiger partial charge in [0.2, 0.25) is 0 Å². The van der Waals surface area contributed by atoms with E-state index in [9.17, 15) is 13.2 Å². The molecule has 0 saturated carbocycles. The highest BCUT2D eigenvalue weighted by molar-refractivity contribution is 7.89. The number of nitrogens with zero attached hydrogens (tertiary/aromatic N) is 2. The normalized spacial score (nSPS) is 17.8. The molecule has 0 aliphatic heterocycles. The van der Waals surface area contributed by atoms with Crippen molar-refractivity contribution in [3.05, 3.63) is 53.9 Å². The van der Waals surface area contributed by atoms with E-state index in [0.717, 1.165) is 15.2 Å².